The average molecular weight is 815 g/mol. The Balaban J connectivity index is 0.00000544. The van der Waals surface area contributed by atoms with Crippen molar-refractivity contribution in [3.8, 4) is 33.6 Å². The van der Waals surface area contributed by atoms with Gasteiger partial charge in [-0.25, -0.2) is 19.6 Å². The number of ether oxygens (including phenoxy) is 2. The van der Waals surface area contributed by atoms with Crippen molar-refractivity contribution in [1.29, 1.82) is 0 Å². The first-order valence-corrected chi connectivity index (χ1v) is 20.3. The third-order valence-electron chi connectivity index (χ3n) is 12.1. The summed E-state index contributed by atoms with van der Waals surface area (Å²) in [5.41, 5.74) is 6.48. The second-order valence-corrected chi connectivity index (χ2v) is 16.0. The maximum absolute atomic E-state index is 14.3. The first-order valence-electron chi connectivity index (χ1n) is 20.3. The molecular weight excluding hydrogens is 761 g/mol. The second-order valence-electron chi connectivity index (χ2n) is 16.0. The number of H-pyrrole nitrogens is 2. The Morgan fingerprint density at radius 3 is 1.88 bits per heavy atom. The van der Waals surface area contributed by atoms with Gasteiger partial charge in [0, 0.05) is 12.6 Å². The molecule has 0 spiro atoms. The van der Waals surface area contributed by atoms with Crippen LogP contribution in [0.15, 0.2) is 91.3 Å². The standard InChI is InChI=1S/C45H50N8O6.CH4/c1-26(2)37(50-44(56)58-3)42(54)52-22-8-11-36(52)40-46-24-34(48-40)29-16-12-27(13-17-29)28-14-18-30(19-15-28)35-25-47-41(49-35)39-32-20-21-33(23-32)53(39)43(55)38(51-45(57)59-4)31-9-6-5-7-10-31;/h5-7,9-10,12-19,24-26,32-33,36-39H,8,11,20-23H2,1-4H3,(H,46,48)(H,47,49)(H,50,56)(H,51,57);1H4/t32-,33+,36-,37-,38+,39-;/m0./s1. The minimum absolute atomic E-state index is 0. The first-order chi connectivity index (χ1) is 28.6. The Morgan fingerprint density at radius 1 is 0.717 bits per heavy atom. The largest absolute Gasteiger partial charge is 0.453 e. The van der Waals surface area contributed by atoms with Crippen molar-refractivity contribution in [2.24, 2.45) is 11.8 Å². The summed E-state index contributed by atoms with van der Waals surface area (Å²) in [6.45, 7) is 4.39. The Morgan fingerprint density at radius 2 is 1.28 bits per heavy atom. The van der Waals surface area contributed by atoms with E-state index in [1.807, 2.05) is 60.2 Å². The number of aromatic amines is 2. The molecule has 60 heavy (non-hydrogen) atoms. The van der Waals surface area contributed by atoms with Gasteiger partial charge in [-0.05, 0) is 71.8 Å². The maximum atomic E-state index is 14.3. The van der Waals surface area contributed by atoms with Crippen LogP contribution in [0.5, 0.6) is 0 Å². The van der Waals surface area contributed by atoms with E-state index in [2.05, 4.69) is 74.1 Å². The summed E-state index contributed by atoms with van der Waals surface area (Å²) in [7, 11) is 2.58. The van der Waals surface area contributed by atoms with Gasteiger partial charge in [0.25, 0.3) is 5.91 Å². The zero-order chi connectivity index (χ0) is 41.2. The molecule has 2 aliphatic heterocycles. The molecule has 1 saturated carbocycles. The monoisotopic (exact) mass is 814 g/mol. The second kappa shape index (κ2) is 17.8. The number of hydrogen-bond acceptors (Lipinski definition) is 8. The number of imidazole rings is 2. The zero-order valence-corrected chi connectivity index (χ0v) is 33.7. The van der Waals surface area contributed by atoms with Crippen LogP contribution in [-0.4, -0.2) is 86.6 Å². The van der Waals surface area contributed by atoms with Gasteiger partial charge in [0.15, 0.2) is 0 Å². The molecule has 0 unspecified atom stereocenters. The van der Waals surface area contributed by atoms with Crippen molar-refractivity contribution in [2.75, 3.05) is 20.8 Å². The molecule has 14 nitrogen and oxygen atoms in total. The summed E-state index contributed by atoms with van der Waals surface area (Å²) < 4.78 is 9.65. The average Bonchev–Trinajstić information content (AvgIpc) is 4.13. The lowest BCUT2D eigenvalue weighted by molar-refractivity contribution is -0.138. The SMILES string of the molecule is C.COC(=O)N[C@H](C(=O)N1CCC[C@H]1c1ncc(-c2ccc(-c3ccc(-c4cnc([C@@H]5[C@H]6CC[C@H](C6)N5C(=O)[C@H](NC(=O)OC)c5ccccc5)[nH]4)cc3)cc2)[nH]1)C(C)C. The van der Waals surface area contributed by atoms with Crippen molar-refractivity contribution in [3.63, 3.8) is 0 Å². The number of fused-ring (bicyclic) bond motifs is 2. The molecule has 3 aromatic carbocycles. The normalized spacial score (nSPS) is 20.4. The van der Waals surface area contributed by atoms with Gasteiger partial charge in [-0.15, -0.1) is 0 Å². The molecular formula is C46H54N8O6. The van der Waals surface area contributed by atoms with Crippen LogP contribution in [0.25, 0.3) is 33.6 Å². The number of carbonyl (C=O) groups excluding carboxylic acids is 4. The zero-order valence-electron chi connectivity index (χ0n) is 33.7. The molecule has 4 amide bonds. The summed E-state index contributed by atoms with van der Waals surface area (Å²) in [6.07, 6.45) is 6.81. The lowest BCUT2D eigenvalue weighted by atomic mass is 9.96. The smallest absolute Gasteiger partial charge is 0.407 e. The Labute approximate surface area is 350 Å². The third kappa shape index (κ3) is 8.23. The summed E-state index contributed by atoms with van der Waals surface area (Å²) in [4.78, 5) is 72.4. The number of piperidine rings is 1. The van der Waals surface area contributed by atoms with Crippen molar-refractivity contribution in [3.05, 3.63) is 108 Å². The quantitative estimate of drug-likeness (QED) is 0.104. The van der Waals surface area contributed by atoms with Gasteiger partial charge in [-0.3, -0.25) is 9.59 Å². The summed E-state index contributed by atoms with van der Waals surface area (Å²) in [5.74, 6) is 1.33. The molecule has 5 aromatic rings. The van der Waals surface area contributed by atoms with Crippen LogP contribution in [0.3, 0.4) is 0 Å². The minimum Gasteiger partial charge on any atom is -0.453 e. The summed E-state index contributed by atoms with van der Waals surface area (Å²) in [5, 5.41) is 5.47. The molecule has 4 heterocycles. The van der Waals surface area contributed by atoms with E-state index in [9.17, 15) is 19.2 Å². The van der Waals surface area contributed by atoms with Crippen LogP contribution >= 0.6 is 0 Å². The maximum Gasteiger partial charge on any atom is 0.407 e. The molecule has 3 aliphatic rings. The first kappa shape index (κ1) is 41.7. The van der Waals surface area contributed by atoms with E-state index in [-0.39, 0.29) is 49.2 Å². The van der Waals surface area contributed by atoms with Gasteiger partial charge in [0.1, 0.15) is 23.7 Å². The molecule has 14 heteroatoms. The van der Waals surface area contributed by atoms with Crippen LogP contribution in [0.2, 0.25) is 0 Å². The van der Waals surface area contributed by atoms with Gasteiger partial charge in [-0.1, -0.05) is 100 Å². The highest BCUT2D eigenvalue weighted by Crippen LogP contribution is 2.50. The van der Waals surface area contributed by atoms with E-state index >= 15 is 0 Å². The van der Waals surface area contributed by atoms with Crippen LogP contribution in [0, 0.1) is 11.8 Å². The molecule has 2 bridgehead atoms. The number of aromatic nitrogens is 4. The van der Waals surface area contributed by atoms with Gasteiger partial charge in [0.2, 0.25) is 5.91 Å². The van der Waals surface area contributed by atoms with Gasteiger partial charge in [-0.2, -0.15) is 0 Å². The predicted octanol–water partition coefficient (Wildman–Crippen LogP) is 7.96. The molecule has 314 valence electrons. The fraction of sp³-hybridized carbons (Fsp3) is 0.391. The Hall–Kier alpha value is -6.44. The molecule has 1 aliphatic carbocycles. The number of nitrogens with zero attached hydrogens (tertiary/aromatic N) is 4. The highest BCUT2D eigenvalue weighted by molar-refractivity contribution is 5.88. The van der Waals surface area contributed by atoms with E-state index in [4.69, 9.17) is 14.5 Å². The molecule has 4 N–H and O–H groups in total. The molecule has 6 atom stereocenters. The van der Waals surface area contributed by atoms with E-state index in [1.165, 1.54) is 14.2 Å². The Kier molecular flexibility index (Phi) is 12.4. The number of hydrogen-bond donors (Lipinski definition) is 4. The predicted molar refractivity (Wildman–Crippen MR) is 227 cm³/mol. The topological polar surface area (TPSA) is 175 Å². The number of methoxy groups -OCH3 is 2. The van der Waals surface area contributed by atoms with Crippen LogP contribution in [0.4, 0.5) is 9.59 Å². The molecule has 8 rings (SSSR count). The van der Waals surface area contributed by atoms with Gasteiger partial charge < -0.3 is 39.9 Å². The van der Waals surface area contributed by atoms with E-state index in [0.29, 0.717) is 12.1 Å². The van der Waals surface area contributed by atoms with Crippen LogP contribution in [0.1, 0.15) is 88.7 Å². The minimum atomic E-state index is -0.875. The van der Waals surface area contributed by atoms with Crippen molar-refractivity contribution < 1.29 is 28.7 Å². The number of nitrogens with one attached hydrogen (secondary N) is 4. The lowest BCUT2D eigenvalue weighted by Gasteiger charge is -2.36. The number of benzene rings is 3. The third-order valence-corrected chi connectivity index (χ3v) is 12.1. The molecule has 3 fully saturated rings. The van der Waals surface area contributed by atoms with Crippen molar-refractivity contribution in [2.45, 2.75) is 83.6 Å². The fourth-order valence-corrected chi connectivity index (χ4v) is 9.08. The highest BCUT2D eigenvalue weighted by Gasteiger charge is 2.51. The van der Waals surface area contributed by atoms with E-state index in [1.54, 1.807) is 6.20 Å². The molecule has 2 aromatic heterocycles. The number of rotatable bonds is 11. The van der Waals surface area contributed by atoms with Gasteiger partial charge >= 0.3 is 12.2 Å². The fourth-order valence-electron chi connectivity index (χ4n) is 9.08. The highest BCUT2D eigenvalue weighted by atomic mass is 16.5. The summed E-state index contributed by atoms with van der Waals surface area (Å²) >= 11 is 0. The van der Waals surface area contributed by atoms with Crippen molar-refractivity contribution >= 4 is 24.0 Å². The number of carbonyl (C=O) groups is 4. The van der Waals surface area contributed by atoms with E-state index in [0.717, 1.165) is 77.4 Å². The summed E-state index contributed by atoms with van der Waals surface area (Å²) in [6, 6.07) is 23.9. The number of amides is 4. The van der Waals surface area contributed by atoms with Gasteiger partial charge in [0.05, 0.1) is 50.1 Å². The molecule has 2 saturated heterocycles. The van der Waals surface area contributed by atoms with E-state index < -0.39 is 24.3 Å². The van der Waals surface area contributed by atoms with Crippen molar-refractivity contribution in [1.82, 2.24) is 40.4 Å². The van der Waals surface area contributed by atoms with Crippen LogP contribution < -0.4 is 10.6 Å². The number of alkyl carbamates (subject to hydrolysis) is 2. The lowest BCUT2D eigenvalue weighted by Crippen LogP contribution is -2.51. The number of likely N-dealkylation sites (tertiary alicyclic amines) is 2. The molecule has 0 radical (unpaired) electrons. The van der Waals surface area contributed by atoms with Crippen LogP contribution in [-0.2, 0) is 19.1 Å². The Bertz CT molecular complexity index is 2290.